The standard InChI is InChI=1S/C22H24N4O2S/c1-16-5-2-3-7-19(16)26-20(23-24-22(26)28)15-17-10-12-25(13-11-17)21(27)9-8-18-6-4-14-29-18/h2-9,14,17H,10-13,15H2,1H3,(H,24,28). The molecule has 0 bridgehead atoms. The highest BCUT2D eigenvalue weighted by Gasteiger charge is 2.24. The number of rotatable bonds is 5. The number of amides is 1. The van der Waals surface area contributed by atoms with E-state index in [2.05, 4.69) is 10.2 Å². The number of nitrogens with zero attached hydrogens (tertiary/aromatic N) is 3. The van der Waals surface area contributed by atoms with Crippen LogP contribution in [0, 0.1) is 12.8 Å². The van der Waals surface area contributed by atoms with Crippen LogP contribution < -0.4 is 5.69 Å². The first-order valence-corrected chi connectivity index (χ1v) is 10.7. The highest BCUT2D eigenvalue weighted by atomic mass is 32.1. The second kappa shape index (κ2) is 8.61. The van der Waals surface area contributed by atoms with Gasteiger partial charge in [0, 0.05) is 30.5 Å². The summed E-state index contributed by atoms with van der Waals surface area (Å²) in [6.45, 7) is 3.46. The minimum atomic E-state index is -0.208. The number of thiophene rings is 1. The van der Waals surface area contributed by atoms with E-state index in [-0.39, 0.29) is 11.6 Å². The lowest BCUT2D eigenvalue weighted by atomic mass is 9.93. The van der Waals surface area contributed by atoms with Gasteiger partial charge in [0.05, 0.1) is 5.69 Å². The number of para-hydroxylation sites is 1. The van der Waals surface area contributed by atoms with Crippen molar-refractivity contribution >= 4 is 23.3 Å². The lowest BCUT2D eigenvalue weighted by molar-refractivity contribution is -0.127. The van der Waals surface area contributed by atoms with E-state index in [0.717, 1.165) is 54.3 Å². The number of piperidine rings is 1. The lowest BCUT2D eigenvalue weighted by Crippen LogP contribution is -2.38. The number of aromatic amines is 1. The van der Waals surface area contributed by atoms with E-state index < -0.39 is 0 Å². The maximum absolute atomic E-state index is 12.4. The highest BCUT2D eigenvalue weighted by Crippen LogP contribution is 2.23. The van der Waals surface area contributed by atoms with Crippen molar-refractivity contribution in [1.82, 2.24) is 19.7 Å². The SMILES string of the molecule is Cc1ccccc1-n1c(CC2CCN(C(=O)C=Cc3cccs3)CC2)n[nH]c1=O. The van der Waals surface area contributed by atoms with Crippen LogP contribution in [0.1, 0.15) is 29.1 Å². The maximum atomic E-state index is 12.4. The summed E-state index contributed by atoms with van der Waals surface area (Å²) in [7, 11) is 0. The predicted octanol–water partition coefficient (Wildman–Crippen LogP) is 3.43. The second-order valence-corrected chi connectivity index (χ2v) is 8.37. The van der Waals surface area contributed by atoms with Crippen molar-refractivity contribution in [2.45, 2.75) is 26.2 Å². The number of H-pyrrole nitrogens is 1. The number of carbonyl (C=O) groups excluding carboxylic acids is 1. The zero-order valence-electron chi connectivity index (χ0n) is 16.4. The van der Waals surface area contributed by atoms with Crippen molar-refractivity contribution in [3.63, 3.8) is 0 Å². The van der Waals surface area contributed by atoms with Gasteiger partial charge >= 0.3 is 5.69 Å². The molecule has 6 nitrogen and oxygen atoms in total. The number of hydrogen-bond donors (Lipinski definition) is 1. The predicted molar refractivity (Wildman–Crippen MR) is 115 cm³/mol. The first kappa shape index (κ1) is 19.4. The average molecular weight is 409 g/mol. The van der Waals surface area contributed by atoms with Gasteiger partial charge < -0.3 is 4.90 Å². The van der Waals surface area contributed by atoms with Crippen LogP contribution in [0.4, 0.5) is 0 Å². The molecule has 7 heteroatoms. The van der Waals surface area contributed by atoms with E-state index >= 15 is 0 Å². The van der Waals surface area contributed by atoms with Crippen LogP contribution >= 0.6 is 11.3 Å². The molecule has 1 aliphatic rings. The lowest BCUT2D eigenvalue weighted by Gasteiger charge is -2.31. The van der Waals surface area contributed by atoms with Crippen LogP contribution in [0.2, 0.25) is 0 Å². The molecule has 1 fully saturated rings. The van der Waals surface area contributed by atoms with Crippen LogP contribution in [0.3, 0.4) is 0 Å². The summed E-state index contributed by atoms with van der Waals surface area (Å²) < 4.78 is 1.68. The Kier molecular flexibility index (Phi) is 5.76. The van der Waals surface area contributed by atoms with E-state index in [1.165, 1.54) is 0 Å². The number of aryl methyl sites for hydroxylation is 1. The van der Waals surface area contributed by atoms with Gasteiger partial charge in [-0.3, -0.25) is 4.79 Å². The van der Waals surface area contributed by atoms with Crippen molar-refractivity contribution in [3.05, 3.63) is 74.6 Å². The number of aromatic nitrogens is 3. The summed E-state index contributed by atoms with van der Waals surface area (Å²) in [4.78, 5) is 27.7. The summed E-state index contributed by atoms with van der Waals surface area (Å²) in [6.07, 6.45) is 6.08. The average Bonchev–Trinajstić information content (AvgIpc) is 3.37. The van der Waals surface area contributed by atoms with Crippen molar-refractivity contribution in [2.75, 3.05) is 13.1 Å². The van der Waals surface area contributed by atoms with Gasteiger partial charge in [0.15, 0.2) is 0 Å². The molecule has 29 heavy (non-hydrogen) atoms. The number of benzene rings is 1. The fourth-order valence-electron chi connectivity index (χ4n) is 3.79. The summed E-state index contributed by atoms with van der Waals surface area (Å²) in [5.41, 5.74) is 1.70. The number of likely N-dealkylation sites (tertiary alicyclic amines) is 1. The second-order valence-electron chi connectivity index (χ2n) is 7.39. The van der Waals surface area contributed by atoms with Crippen molar-refractivity contribution in [3.8, 4) is 5.69 Å². The van der Waals surface area contributed by atoms with E-state index in [1.807, 2.05) is 59.7 Å². The fourth-order valence-corrected chi connectivity index (χ4v) is 4.41. The zero-order valence-corrected chi connectivity index (χ0v) is 17.2. The number of nitrogens with one attached hydrogen (secondary N) is 1. The molecule has 0 saturated carbocycles. The third-order valence-corrected chi connectivity index (χ3v) is 6.27. The van der Waals surface area contributed by atoms with E-state index in [0.29, 0.717) is 5.92 Å². The number of hydrogen-bond acceptors (Lipinski definition) is 4. The molecule has 1 N–H and O–H groups in total. The van der Waals surface area contributed by atoms with E-state index in [4.69, 9.17) is 0 Å². The Hall–Kier alpha value is -2.93. The molecule has 3 heterocycles. The molecule has 4 rings (SSSR count). The molecule has 1 saturated heterocycles. The largest absolute Gasteiger partial charge is 0.347 e. The van der Waals surface area contributed by atoms with Crippen LogP contribution in [0.25, 0.3) is 11.8 Å². The van der Waals surface area contributed by atoms with Crippen molar-refractivity contribution < 1.29 is 4.79 Å². The van der Waals surface area contributed by atoms with Gasteiger partial charge in [0.2, 0.25) is 5.91 Å². The topological polar surface area (TPSA) is 71.0 Å². The van der Waals surface area contributed by atoms with Crippen LogP contribution in [0.5, 0.6) is 0 Å². The van der Waals surface area contributed by atoms with Gasteiger partial charge in [-0.2, -0.15) is 5.10 Å². The quantitative estimate of drug-likeness (QED) is 0.658. The molecule has 0 spiro atoms. The molecule has 150 valence electrons. The van der Waals surface area contributed by atoms with Gasteiger partial charge in [-0.1, -0.05) is 24.3 Å². The maximum Gasteiger partial charge on any atom is 0.347 e. The van der Waals surface area contributed by atoms with Crippen LogP contribution in [0.15, 0.2) is 52.6 Å². The van der Waals surface area contributed by atoms with Crippen molar-refractivity contribution in [1.29, 1.82) is 0 Å². The van der Waals surface area contributed by atoms with Gasteiger partial charge in [0.25, 0.3) is 0 Å². The normalized spacial score (nSPS) is 15.3. The monoisotopic (exact) mass is 408 g/mol. The summed E-state index contributed by atoms with van der Waals surface area (Å²) in [5, 5.41) is 8.87. The minimum absolute atomic E-state index is 0.0634. The molecule has 0 aliphatic carbocycles. The van der Waals surface area contributed by atoms with Gasteiger partial charge in [-0.25, -0.2) is 14.5 Å². The first-order valence-electron chi connectivity index (χ1n) is 9.84. The number of carbonyl (C=O) groups is 1. The molecule has 3 aromatic rings. The molecule has 2 aromatic heterocycles. The Morgan fingerprint density at radius 2 is 2.03 bits per heavy atom. The molecule has 1 aliphatic heterocycles. The highest BCUT2D eigenvalue weighted by molar-refractivity contribution is 7.10. The third-order valence-electron chi connectivity index (χ3n) is 5.43. The Morgan fingerprint density at radius 1 is 1.24 bits per heavy atom. The third kappa shape index (κ3) is 4.40. The Labute approximate surface area is 173 Å². The smallest absolute Gasteiger partial charge is 0.339 e. The van der Waals surface area contributed by atoms with Crippen LogP contribution in [-0.4, -0.2) is 38.7 Å². The molecule has 0 radical (unpaired) electrons. The van der Waals surface area contributed by atoms with Crippen LogP contribution in [-0.2, 0) is 11.2 Å². The Morgan fingerprint density at radius 3 is 2.76 bits per heavy atom. The Bertz CT molecular complexity index is 1060. The van der Waals surface area contributed by atoms with Gasteiger partial charge in [0.1, 0.15) is 5.82 Å². The summed E-state index contributed by atoms with van der Waals surface area (Å²) >= 11 is 1.62. The van der Waals surface area contributed by atoms with Crippen molar-refractivity contribution in [2.24, 2.45) is 5.92 Å². The summed E-state index contributed by atoms with van der Waals surface area (Å²) in [5.74, 6) is 1.22. The molecule has 0 atom stereocenters. The molecule has 1 aromatic carbocycles. The fraction of sp³-hybridized carbons (Fsp3) is 0.318. The molecule has 0 unspecified atom stereocenters. The van der Waals surface area contributed by atoms with E-state index in [1.54, 1.807) is 22.0 Å². The first-order chi connectivity index (χ1) is 14.1. The van der Waals surface area contributed by atoms with Gasteiger partial charge in [-0.15, -0.1) is 11.3 Å². The molecular formula is C22H24N4O2S. The molecular weight excluding hydrogens is 384 g/mol. The van der Waals surface area contributed by atoms with Gasteiger partial charge in [-0.05, 0) is 54.8 Å². The zero-order chi connectivity index (χ0) is 20.2. The summed E-state index contributed by atoms with van der Waals surface area (Å²) in [6, 6.07) is 11.8. The minimum Gasteiger partial charge on any atom is -0.339 e. The Balaban J connectivity index is 1.39. The van der Waals surface area contributed by atoms with E-state index in [9.17, 15) is 9.59 Å². The molecule has 1 amide bonds.